The van der Waals surface area contributed by atoms with Gasteiger partial charge in [0.15, 0.2) is 0 Å². The van der Waals surface area contributed by atoms with E-state index in [0.29, 0.717) is 0 Å². The summed E-state index contributed by atoms with van der Waals surface area (Å²) >= 11 is 0. The molecule has 1 aromatic rings. The fourth-order valence-corrected chi connectivity index (χ4v) is 2.49. The number of carboxylic acids is 1. The van der Waals surface area contributed by atoms with Gasteiger partial charge in [-0.15, -0.1) is 0 Å². The lowest BCUT2D eigenvalue weighted by atomic mass is 10.0. The van der Waals surface area contributed by atoms with Gasteiger partial charge in [0, 0.05) is 18.2 Å². The van der Waals surface area contributed by atoms with Crippen LogP contribution in [0.15, 0.2) is 4.52 Å². The molecule has 0 spiro atoms. The van der Waals surface area contributed by atoms with Crippen molar-refractivity contribution in [3.63, 3.8) is 0 Å². The molecule has 1 fully saturated rings. The largest absolute Gasteiger partial charge is 0.481 e. The molecule has 2 rings (SSSR count). The molecule has 5 nitrogen and oxygen atoms in total. The second kappa shape index (κ2) is 4.49. The summed E-state index contributed by atoms with van der Waals surface area (Å²) in [5.41, 5.74) is 1.98. The van der Waals surface area contributed by atoms with E-state index in [4.69, 9.17) is 9.63 Å². The first kappa shape index (κ1) is 12.1. The van der Waals surface area contributed by atoms with Crippen molar-refractivity contribution in [1.29, 1.82) is 0 Å². The number of hydrogen-bond donors (Lipinski definition) is 1. The Kier molecular flexibility index (Phi) is 3.19. The zero-order valence-electron chi connectivity index (χ0n) is 10.4. The fourth-order valence-electron chi connectivity index (χ4n) is 2.49. The van der Waals surface area contributed by atoms with Crippen molar-refractivity contribution in [1.82, 2.24) is 10.1 Å². The number of hydrogen-bond acceptors (Lipinski definition) is 4. The van der Waals surface area contributed by atoms with E-state index in [1.54, 1.807) is 0 Å². The van der Waals surface area contributed by atoms with Crippen molar-refractivity contribution in [2.75, 3.05) is 6.54 Å². The molecule has 0 aliphatic carbocycles. The number of aromatic nitrogens is 1. The highest BCUT2D eigenvalue weighted by Gasteiger charge is 2.36. The zero-order valence-corrected chi connectivity index (χ0v) is 10.4. The van der Waals surface area contributed by atoms with Crippen LogP contribution in [-0.2, 0) is 11.3 Å². The van der Waals surface area contributed by atoms with Gasteiger partial charge in [-0.1, -0.05) is 5.16 Å². The standard InChI is InChI=1S/C12H18N2O3/c1-7-11(9(3)17-13-7)6-14-5-4-10(8(14)2)12(15)16/h8,10H,4-6H2,1-3H3,(H,15,16). The Morgan fingerprint density at radius 1 is 1.59 bits per heavy atom. The second-order valence-electron chi connectivity index (χ2n) is 4.75. The van der Waals surface area contributed by atoms with Gasteiger partial charge in [-0.25, -0.2) is 0 Å². The minimum Gasteiger partial charge on any atom is -0.481 e. The monoisotopic (exact) mass is 238 g/mol. The molecule has 2 atom stereocenters. The number of rotatable bonds is 3. The fraction of sp³-hybridized carbons (Fsp3) is 0.667. The predicted octanol–water partition coefficient (Wildman–Crippen LogP) is 1.59. The summed E-state index contributed by atoms with van der Waals surface area (Å²) in [5, 5.41) is 13.0. The molecule has 2 unspecified atom stereocenters. The molecule has 0 radical (unpaired) electrons. The first-order valence-corrected chi connectivity index (χ1v) is 5.89. The van der Waals surface area contributed by atoms with Crippen LogP contribution in [0.5, 0.6) is 0 Å². The molecule has 5 heteroatoms. The summed E-state index contributed by atoms with van der Waals surface area (Å²) in [5.74, 6) is -0.122. The van der Waals surface area contributed by atoms with Crippen molar-refractivity contribution in [3.8, 4) is 0 Å². The number of nitrogens with zero attached hydrogens (tertiary/aromatic N) is 2. The molecular formula is C12H18N2O3. The lowest BCUT2D eigenvalue weighted by Crippen LogP contribution is -2.32. The van der Waals surface area contributed by atoms with E-state index in [1.807, 2.05) is 20.8 Å². The van der Waals surface area contributed by atoms with E-state index in [0.717, 1.165) is 36.5 Å². The van der Waals surface area contributed by atoms with E-state index in [9.17, 15) is 4.79 Å². The van der Waals surface area contributed by atoms with Crippen LogP contribution in [0, 0.1) is 19.8 Å². The van der Waals surface area contributed by atoms with Gasteiger partial charge in [0.2, 0.25) is 0 Å². The van der Waals surface area contributed by atoms with Crippen LogP contribution in [0.4, 0.5) is 0 Å². The normalized spacial score (nSPS) is 25.4. The topological polar surface area (TPSA) is 66.6 Å². The molecule has 0 aromatic carbocycles. The van der Waals surface area contributed by atoms with Crippen LogP contribution in [0.2, 0.25) is 0 Å². The van der Waals surface area contributed by atoms with Crippen LogP contribution in [0.25, 0.3) is 0 Å². The van der Waals surface area contributed by atoms with Crippen molar-refractivity contribution in [2.45, 2.75) is 39.8 Å². The first-order valence-electron chi connectivity index (χ1n) is 5.89. The van der Waals surface area contributed by atoms with Gasteiger partial charge >= 0.3 is 5.97 Å². The lowest BCUT2D eigenvalue weighted by Gasteiger charge is -2.22. The third-order valence-electron chi connectivity index (χ3n) is 3.75. The summed E-state index contributed by atoms with van der Waals surface area (Å²) < 4.78 is 5.12. The van der Waals surface area contributed by atoms with Gasteiger partial charge in [0.25, 0.3) is 0 Å². The van der Waals surface area contributed by atoms with E-state index in [-0.39, 0.29) is 12.0 Å². The summed E-state index contributed by atoms with van der Waals surface area (Å²) in [6, 6.07) is 0.0706. The average molecular weight is 238 g/mol. The van der Waals surface area contributed by atoms with Crippen LogP contribution < -0.4 is 0 Å². The molecule has 1 saturated heterocycles. The van der Waals surface area contributed by atoms with Gasteiger partial charge in [-0.05, 0) is 33.7 Å². The maximum atomic E-state index is 11.0. The molecule has 0 saturated carbocycles. The Morgan fingerprint density at radius 3 is 2.76 bits per heavy atom. The highest BCUT2D eigenvalue weighted by atomic mass is 16.5. The van der Waals surface area contributed by atoms with Gasteiger partial charge in [0.1, 0.15) is 5.76 Å². The molecule has 17 heavy (non-hydrogen) atoms. The van der Waals surface area contributed by atoms with Gasteiger partial charge in [0.05, 0.1) is 11.6 Å². The summed E-state index contributed by atoms with van der Waals surface area (Å²) in [6.07, 6.45) is 0.722. The van der Waals surface area contributed by atoms with Crippen molar-refractivity contribution >= 4 is 5.97 Å². The number of aliphatic carboxylic acids is 1. The van der Waals surface area contributed by atoms with Crippen LogP contribution in [0.1, 0.15) is 30.4 Å². The quantitative estimate of drug-likeness (QED) is 0.866. The first-order chi connectivity index (χ1) is 8.00. The van der Waals surface area contributed by atoms with E-state index < -0.39 is 5.97 Å². The number of carbonyl (C=O) groups is 1. The summed E-state index contributed by atoms with van der Waals surface area (Å²) in [6.45, 7) is 7.34. The second-order valence-corrected chi connectivity index (χ2v) is 4.75. The Hall–Kier alpha value is -1.36. The summed E-state index contributed by atoms with van der Waals surface area (Å²) in [4.78, 5) is 13.2. The van der Waals surface area contributed by atoms with Crippen LogP contribution in [-0.4, -0.2) is 33.7 Å². The molecule has 0 amide bonds. The molecule has 94 valence electrons. The molecule has 1 aromatic heterocycles. The molecule has 0 bridgehead atoms. The number of carboxylic acid groups (broad SMARTS) is 1. The molecule has 1 aliphatic rings. The van der Waals surface area contributed by atoms with Crippen molar-refractivity contribution in [3.05, 3.63) is 17.0 Å². The molecule has 2 heterocycles. The Morgan fingerprint density at radius 2 is 2.29 bits per heavy atom. The van der Waals surface area contributed by atoms with E-state index in [1.165, 1.54) is 0 Å². The SMILES string of the molecule is Cc1noc(C)c1CN1CCC(C(=O)O)C1C. The van der Waals surface area contributed by atoms with Gasteiger partial charge in [-0.3, -0.25) is 9.69 Å². The number of aryl methyl sites for hydroxylation is 2. The highest BCUT2D eigenvalue weighted by Crippen LogP contribution is 2.27. The smallest absolute Gasteiger partial charge is 0.308 e. The van der Waals surface area contributed by atoms with Crippen LogP contribution >= 0.6 is 0 Å². The minimum atomic E-state index is -0.696. The summed E-state index contributed by atoms with van der Waals surface area (Å²) in [7, 11) is 0. The molecule has 1 N–H and O–H groups in total. The van der Waals surface area contributed by atoms with E-state index >= 15 is 0 Å². The van der Waals surface area contributed by atoms with Gasteiger partial charge < -0.3 is 9.63 Å². The van der Waals surface area contributed by atoms with E-state index in [2.05, 4.69) is 10.1 Å². The third kappa shape index (κ3) is 2.20. The minimum absolute atomic E-state index is 0.0706. The Bertz CT molecular complexity index is 408. The average Bonchev–Trinajstić information content (AvgIpc) is 2.77. The number of likely N-dealkylation sites (tertiary alicyclic amines) is 1. The van der Waals surface area contributed by atoms with Crippen molar-refractivity contribution < 1.29 is 14.4 Å². The maximum absolute atomic E-state index is 11.0. The zero-order chi connectivity index (χ0) is 12.6. The Labute approximate surface area is 100 Å². The highest BCUT2D eigenvalue weighted by molar-refractivity contribution is 5.71. The van der Waals surface area contributed by atoms with Gasteiger partial charge in [-0.2, -0.15) is 0 Å². The maximum Gasteiger partial charge on any atom is 0.308 e. The van der Waals surface area contributed by atoms with Crippen molar-refractivity contribution in [2.24, 2.45) is 5.92 Å². The molecular weight excluding hydrogens is 220 g/mol. The Balaban J connectivity index is 2.09. The predicted molar refractivity (Wildman–Crippen MR) is 61.6 cm³/mol. The van der Waals surface area contributed by atoms with Crippen LogP contribution in [0.3, 0.4) is 0 Å². The molecule has 1 aliphatic heterocycles. The lowest BCUT2D eigenvalue weighted by molar-refractivity contribution is -0.142. The third-order valence-corrected chi connectivity index (χ3v) is 3.75.